The number of hydrogen-bond donors (Lipinski definition) is 0. The minimum absolute atomic E-state index is 0.0385. The molecule has 1 aromatic rings. The smallest absolute Gasteiger partial charge is 0.416 e. The maximum Gasteiger partial charge on any atom is 0.416 e. The van der Waals surface area contributed by atoms with Gasteiger partial charge in [-0.15, -0.1) is 0 Å². The molecule has 148 valence electrons. The molecule has 0 saturated heterocycles. The Kier molecular flexibility index (Phi) is 8.53. The van der Waals surface area contributed by atoms with Crippen molar-refractivity contribution in [3.8, 4) is 5.75 Å². The zero-order chi connectivity index (χ0) is 19.9. The standard InChI is InChI=1S/C19H26F4O3/c1-12(2)16-6-5-15(9-17(16)19(21,22)23)26-8-7-14(20)10-25-11-18(24)13(3)4/h5-6,9,12-14H,7-8,10-11H2,1-4H3. The molecule has 0 aliphatic rings. The number of ether oxygens (including phenoxy) is 2. The van der Waals surface area contributed by atoms with Crippen molar-refractivity contribution in [1.29, 1.82) is 0 Å². The normalized spacial score (nSPS) is 13.3. The third-order valence-electron chi connectivity index (χ3n) is 3.84. The van der Waals surface area contributed by atoms with Crippen LogP contribution in [-0.2, 0) is 15.7 Å². The van der Waals surface area contributed by atoms with Crippen LogP contribution in [0.3, 0.4) is 0 Å². The van der Waals surface area contributed by atoms with Gasteiger partial charge < -0.3 is 9.47 Å². The van der Waals surface area contributed by atoms with Crippen LogP contribution in [0.15, 0.2) is 18.2 Å². The van der Waals surface area contributed by atoms with Crippen molar-refractivity contribution in [2.45, 2.75) is 52.4 Å². The number of ketones is 1. The number of benzene rings is 1. The predicted molar refractivity (Wildman–Crippen MR) is 91.2 cm³/mol. The van der Waals surface area contributed by atoms with Crippen molar-refractivity contribution in [3.63, 3.8) is 0 Å². The van der Waals surface area contributed by atoms with Crippen molar-refractivity contribution in [1.82, 2.24) is 0 Å². The van der Waals surface area contributed by atoms with E-state index in [-0.39, 0.29) is 55.2 Å². The average molecular weight is 378 g/mol. The summed E-state index contributed by atoms with van der Waals surface area (Å²) in [4.78, 5) is 11.3. The molecule has 0 amide bonds. The lowest BCUT2D eigenvalue weighted by Gasteiger charge is -2.17. The molecule has 0 aliphatic heterocycles. The van der Waals surface area contributed by atoms with Crippen LogP contribution in [0.25, 0.3) is 0 Å². The molecular weight excluding hydrogens is 352 g/mol. The van der Waals surface area contributed by atoms with Crippen LogP contribution in [0.2, 0.25) is 0 Å². The number of alkyl halides is 4. The minimum atomic E-state index is -4.47. The average Bonchev–Trinajstić information content (AvgIpc) is 2.53. The molecule has 0 fully saturated rings. The van der Waals surface area contributed by atoms with Crippen LogP contribution in [0.4, 0.5) is 17.6 Å². The van der Waals surface area contributed by atoms with E-state index >= 15 is 0 Å². The summed E-state index contributed by atoms with van der Waals surface area (Å²) in [6.45, 7) is 6.34. The van der Waals surface area contributed by atoms with E-state index in [0.717, 1.165) is 6.07 Å². The van der Waals surface area contributed by atoms with E-state index in [2.05, 4.69) is 0 Å². The fourth-order valence-corrected chi connectivity index (χ4v) is 2.22. The molecule has 0 N–H and O–H groups in total. The molecular formula is C19H26F4O3. The maximum atomic E-state index is 13.7. The molecule has 3 nitrogen and oxygen atoms in total. The summed E-state index contributed by atoms with van der Waals surface area (Å²) in [7, 11) is 0. The summed E-state index contributed by atoms with van der Waals surface area (Å²) in [5, 5.41) is 0. The zero-order valence-electron chi connectivity index (χ0n) is 15.5. The molecule has 0 spiro atoms. The van der Waals surface area contributed by atoms with E-state index in [4.69, 9.17) is 9.47 Å². The molecule has 0 saturated carbocycles. The molecule has 0 aromatic heterocycles. The molecule has 26 heavy (non-hydrogen) atoms. The van der Waals surface area contributed by atoms with Gasteiger partial charge in [0.25, 0.3) is 0 Å². The second kappa shape index (κ2) is 9.90. The minimum Gasteiger partial charge on any atom is -0.493 e. The largest absolute Gasteiger partial charge is 0.493 e. The number of carbonyl (C=O) groups is 1. The van der Waals surface area contributed by atoms with Gasteiger partial charge in [0.1, 0.15) is 18.5 Å². The Bertz CT molecular complexity index is 583. The first kappa shape index (κ1) is 22.4. The SMILES string of the molecule is CC(C)C(=O)COCC(F)CCOc1ccc(C(C)C)c(C(F)(F)F)c1. The van der Waals surface area contributed by atoms with Gasteiger partial charge in [0, 0.05) is 12.3 Å². The van der Waals surface area contributed by atoms with Crippen LogP contribution in [0.5, 0.6) is 5.75 Å². The van der Waals surface area contributed by atoms with E-state index < -0.39 is 17.9 Å². The summed E-state index contributed by atoms with van der Waals surface area (Å²) in [6.07, 6.45) is -5.87. The molecule has 1 unspecified atom stereocenters. The Hall–Kier alpha value is -1.63. The summed E-state index contributed by atoms with van der Waals surface area (Å²) in [6, 6.07) is 3.78. The number of hydrogen-bond acceptors (Lipinski definition) is 3. The Morgan fingerprint density at radius 2 is 1.81 bits per heavy atom. The van der Waals surface area contributed by atoms with Crippen LogP contribution in [0, 0.1) is 5.92 Å². The molecule has 0 aliphatic carbocycles. The first-order chi connectivity index (χ1) is 12.0. The van der Waals surface area contributed by atoms with Gasteiger partial charge in [-0.25, -0.2) is 4.39 Å². The van der Waals surface area contributed by atoms with Gasteiger partial charge in [-0.3, -0.25) is 4.79 Å². The van der Waals surface area contributed by atoms with Crippen molar-refractivity contribution in [2.24, 2.45) is 5.92 Å². The van der Waals surface area contributed by atoms with Crippen LogP contribution < -0.4 is 4.74 Å². The summed E-state index contributed by atoms with van der Waals surface area (Å²) >= 11 is 0. The van der Waals surface area contributed by atoms with Gasteiger partial charge in [-0.2, -0.15) is 13.2 Å². The van der Waals surface area contributed by atoms with Crippen LogP contribution in [0.1, 0.15) is 51.2 Å². The van der Waals surface area contributed by atoms with Gasteiger partial charge in [0.15, 0.2) is 5.78 Å². The van der Waals surface area contributed by atoms with Crippen molar-refractivity contribution in [3.05, 3.63) is 29.3 Å². The Labute approximate surface area is 151 Å². The molecule has 0 heterocycles. The van der Waals surface area contributed by atoms with E-state index in [1.165, 1.54) is 12.1 Å². The number of rotatable bonds is 10. The third kappa shape index (κ3) is 7.32. The second-order valence-corrected chi connectivity index (χ2v) is 6.77. The van der Waals surface area contributed by atoms with Crippen LogP contribution in [-0.4, -0.2) is 31.8 Å². The van der Waals surface area contributed by atoms with Gasteiger partial charge >= 0.3 is 6.18 Å². The molecule has 1 atom stereocenters. The summed E-state index contributed by atoms with van der Waals surface area (Å²) in [5.74, 6) is -0.516. The number of halogens is 4. The number of Topliss-reactive ketones (excluding diaryl/α,β-unsaturated/α-hetero) is 1. The Morgan fingerprint density at radius 3 is 2.35 bits per heavy atom. The van der Waals surface area contributed by atoms with E-state index in [9.17, 15) is 22.4 Å². The van der Waals surface area contributed by atoms with Gasteiger partial charge in [-0.1, -0.05) is 33.8 Å². The quantitative estimate of drug-likeness (QED) is 0.527. The first-order valence-electron chi connectivity index (χ1n) is 8.60. The monoisotopic (exact) mass is 378 g/mol. The molecule has 1 rings (SSSR count). The van der Waals surface area contributed by atoms with E-state index in [1.54, 1.807) is 27.7 Å². The lowest BCUT2D eigenvalue weighted by atomic mass is 9.96. The lowest BCUT2D eigenvalue weighted by molar-refractivity contribution is -0.138. The first-order valence-corrected chi connectivity index (χ1v) is 8.60. The van der Waals surface area contributed by atoms with Gasteiger partial charge in [0.2, 0.25) is 0 Å². The Morgan fingerprint density at radius 1 is 1.15 bits per heavy atom. The molecule has 1 aromatic carbocycles. The summed E-state index contributed by atoms with van der Waals surface area (Å²) in [5.41, 5.74) is -0.547. The number of carbonyl (C=O) groups excluding carboxylic acids is 1. The van der Waals surface area contributed by atoms with Crippen molar-refractivity contribution < 1.29 is 31.8 Å². The van der Waals surface area contributed by atoms with Crippen molar-refractivity contribution >= 4 is 5.78 Å². The fraction of sp³-hybridized carbons (Fsp3) is 0.632. The topological polar surface area (TPSA) is 35.5 Å². The van der Waals surface area contributed by atoms with Gasteiger partial charge in [-0.05, 0) is 23.6 Å². The highest BCUT2D eigenvalue weighted by atomic mass is 19.4. The van der Waals surface area contributed by atoms with Crippen LogP contribution >= 0.6 is 0 Å². The molecule has 7 heteroatoms. The van der Waals surface area contributed by atoms with E-state index in [0.29, 0.717) is 0 Å². The molecule has 0 radical (unpaired) electrons. The zero-order valence-corrected chi connectivity index (χ0v) is 15.5. The highest BCUT2D eigenvalue weighted by molar-refractivity contribution is 5.81. The maximum absolute atomic E-state index is 13.7. The fourth-order valence-electron chi connectivity index (χ4n) is 2.22. The lowest BCUT2D eigenvalue weighted by Crippen LogP contribution is -2.20. The highest BCUT2D eigenvalue weighted by Crippen LogP contribution is 2.37. The summed E-state index contributed by atoms with van der Waals surface area (Å²) < 4.78 is 63.4. The van der Waals surface area contributed by atoms with Crippen molar-refractivity contribution in [2.75, 3.05) is 19.8 Å². The Balaban J connectivity index is 2.51. The van der Waals surface area contributed by atoms with E-state index in [1.807, 2.05) is 0 Å². The second-order valence-electron chi connectivity index (χ2n) is 6.77. The third-order valence-corrected chi connectivity index (χ3v) is 3.84. The predicted octanol–water partition coefficient (Wildman–Crippen LogP) is 5.18. The highest BCUT2D eigenvalue weighted by Gasteiger charge is 2.34. The van der Waals surface area contributed by atoms with Gasteiger partial charge in [0.05, 0.1) is 18.8 Å². The molecule has 0 bridgehead atoms.